The molecule has 7 heteroatoms. The van der Waals surface area contributed by atoms with E-state index >= 15 is 0 Å². The Bertz CT molecular complexity index is 239. The van der Waals surface area contributed by atoms with E-state index in [0.29, 0.717) is 6.54 Å². The third-order valence-electron chi connectivity index (χ3n) is 2.15. The van der Waals surface area contributed by atoms with Gasteiger partial charge in [-0.1, -0.05) is 0 Å². The van der Waals surface area contributed by atoms with Gasteiger partial charge in [0.1, 0.15) is 13.2 Å². The van der Waals surface area contributed by atoms with Crippen LogP contribution in [0.4, 0.5) is 13.2 Å². The Morgan fingerprint density at radius 2 is 2.07 bits per heavy atom. The molecule has 1 amide bonds. The fourth-order valence-corrected chi connectivity index (χ4v) is 1.12. The predicted molar refractivity (Wildman–Crippen MR) is 46.0 cm³/mol. The molecule has 3 N–H and O–H groups in total. The van der Waals surface area contributed by atoms with E-state index in [-0.39, 0.29) is 0 Å². The molecular formula is C8H13F3N2O2. The highest BCUT2D eigenvalue weighted by molar-refractivity contribution is 5.78. The molecule has 88 valence electrons. The zero-order valence-corrected chi connectivity index (χ0v) is 8.06. The molecule has 0 bridgehead atoms. The molecule has 4 nitrogen and oxygen atoms in total. The fourth-order valence-electron chi connectivity index (χ4n) is 1.12. The first kappa shape index (κ1) is 12.3. The van der Waals surface area contributed by atoms with Crippen molar-refractivity contribution in [2.45, 2.75) is 24.6 Å². The number of halogens is 3. The van der Waals surface area contributed by atoms with E-state index in [1.807, 2.05) is 0 Å². The van der Waals surface area contributed by atoms with Gasteiger partial charge in [-0.3, -0.25) is 4.79 Å². The standard InChI is InChI=1S/C8H13F3N2O2/c9-8(10,11)5-15-3-6(14)13-7(4-12)1-2-7/h1-5,12H2,(H,13,14). The molecule has 0 unspecified atom stereocenters. The van der Waals surface area contributed by atoms with Gasteiger partial charge >= 0.3 is 6.18 Å². The highest BCUT2D eigenvalue weighted by Gasteiger charge is 2.42. The van der Waals surface area contributed by atoms with Crippen molar-refractivity contribution in [2.75, 3.05) is 19.8 Å². The maximum absolute atomic E-state index is 11.6. The van der Waals surface area contributed by atoms with Crippen LogP contribution in [0.2, 0.25) is 0 Å². The molecule has 0 aromatic rings. The molecule has 0 atom stereocenters. The molecule has 1 aliphatic rings. The summed E-state index contributed by atoms with van der Waals surface area (Å²) in [5.74, 6) is -0.554. The Hall–Kier alpha value is -0.820. The summed E-state index contributed by atoms with van der Waals surface area (Å²) in [6.45, 7) is -1.69. The average molecular weight is 226 g/mol. The molecule has 0 spiro atoms. The topological polar surface area (TPSA) is 64.3 Å². The molecule has 1 rings (SSSR count). The van der Waals surface area contributed by atoms with Crippen LogP contribution in [-0.2, 0) is 9.53 Å². The molecule has 0 aromatic carbocycles. The second-order valence-corrected chi connectivity index (χ2v) is 3.64. The van der Waals surface area contributed by atoms with Crippen molar-refractivity contribution in [3.63, 3.8) is 0 Å². The lowest BCUT2D eigenvalue weighted by Gasteiger charge is -2.15. The smallest absolute Gasteiger partial charge is 0.362 e. The Labute approximate surface area is 84.9 Å². The second-order valence-electron chi connectivity index (χ2n) is 3.64. The van der Waals surface area contributed by atoms with Gasteiger partial charge in [-0.2, -0.15) is 13.2 Å². The molecule has 1 fully saturated rings. The Kier molecular flexibility index (Phi) is 3.56. The summed E-state index contributed by atoms with van der Waals surface area (Å²) in [5.41, 5.74) is 4.99. The van der Waals surface area contributed by atoms with E-state index < -0.39 is 30.8 Å². The molecule has 0 radical (unpaired) electrons. The molecule has 0 saturated heterocycles. The van der Waals surface area contributed by atoms with E-state index in [0.717, 1.165) is 12.8 Å². The van der Waals surface area contributed by atoms with Crippen LogP contribution in [0.3, 0.4) is 0 Å². The summed E-state index contributed by atoms with van der Waals surface area (Å²) >= 11 is 0. The minimum absolute atomic E-state index is 0.304. The third-order valence-corrected chi connectivity index (χ3v) is 2.15. The zero-order valence-electron chi connectivity index (χ0n) is 8.06. The second kappa shape index (κ2) is 4.36. The number of nitrogens with two attached hydrogens (primary N) is 1. The van der Waals surface area contributed by atoms with Gasteiger partial charge < -0.3 is 15.8 Å². The summed E-state index contributed by atoms with van der Waals surface area (Å²) in [5, 5.41) is 2.55. The van der Waals surface area contributed by atoms with Gasteiger partial charge in [0.2, 0.25) is 5.91 Å². The predicted octanol–water partition coefficient (Wildman–Crippen LogP) is 0.173. The summed E-state index contributed by atoms with van der Waals surface area (Å²) in [7, 11) is 0. The number of amides is 1. The van der Waals surface area contributed by atoms with Crippen LogP contribution < -0.4 is 11.1 Å². The number of ether oxygens (including phenoxy) is 1. The summed E-state index contributed by atoms with van der Waals surface area (Å²) in [6, 6.07) is 0. The molecular weight excluding hydrogens is 213 g/mol. The van der Waals surface area contributed by atoms with Crippen molar-refractivity contribution >= 4 is 5.91 Å². The van der Waals surface area contributed by atoms with Gasteiger partial charge in [-0.25, -0.2) is 0 Å². The van der Waals surface area contributed by atoms with Crippen LogP contribution >= 0.6 is 0 Å². The highest BCUT2D eigenvalue weighted by Crippen LogP contribution is 2.33. The summed E-state index contributed by atoms with van der Waals surface area (Å²) in [4.78, 5) is 11.1. The lowest BCUT2D eigenvalue weighted by Crippen LogP contribution is -2.44. The number of hydrogen-bond acceptors (Lipinski definition) is 3. The number of carbonyl (C=O) groups excluding carboxylic acids is 1. The Balaban J connectivity index is 2.14. The van der Waals surface area contributed by atoms with Gasteiger partial charge in [-0.05, 0) is 12.8 Å². The van der Waals surface area contributed by atoms with Gasteiger partial charge in [0.05, 0.1) is 5.54 Å². The number of carbonyl (C=O) groups is 1. The van der Waals surface area contributed by atoms with Crippen molar-refractivity contribution in [3.05, 3.63) is 0 Å². The van der Waals surface area contributed by atoms with Crippen molar-refractivity contribution in [1.82, 2.24) is 5.32 Å². The lowest BCUT2D eigenvalue weighted by molar-refractivity contribution is -0.175. The minimum atomic E-state index is -4.40. The van der Waals surface area contributed by atoms with Crippen molar-refractivity contribution in [1.29, 1.82) is 0 Å². The van der Waals surface area contributed by atoms with Gasteiger partial charge in [-0.15, -0.1) is 0 Å². The molecule has 15 heavy (non-hydrogen) atoms. The lowest BCUT2D eigenvalue weighted by atomic mass is 10.3. The van der Waals surface area contributed by atoms with E-state index in [1.165, 1.54) is 0 Å². The van der Waals surface area contributed by atoms with Gasteiger partial charge in [0.15, 0.2) is 0 Å². The molecule has 0 aromatic heterocycles. The molecule has 0 heterocycles. The first-order valence-electron chi connectivity index (χ1n) is 4.52. The van der Waals surface area contributed by atoms with Crippen LogP contribution in [0.15, 0.2) is 0 Å². The van der Waals surface area contributed by atoms with Crippen LogP contribution in [0, 0.1) is 0 Å². The molecule has 1 saturated carbocycles. The maximum Gasteiger partial charge on any atom is 0.411 e. The van der Waals surface area contributed by atoms with E-state index in [1.54, 1.807) is 0 Å². The van der Waals surface area contributed by atoms with Crippen molar-refractivity contribution in [3.8, 4) is 0 Å². The van der Waals surface area contributed by atoms with Gasteiger partial charge in [0.25, 0.3) is 0 Å². The van der Waals surface area contributed by atoms with Crippen LogP contribution in [0.5, 0.6) is 0 Å². The highest BCUT2D eigenvalue weighted by atomic mass is 19.4. The summed E-state index contributed by atoms with van der Waals surface area (Å²) < 4.78 is 39.1. The zero-order chi connectivity index (χ0) is 11.5. The van der Waals surface area contributed by atoms with E-state index in [2.05, 4.69) is 10.1 Å². The molecule has 0 aliphatic heterocycles. The number of nitrogens with one attached hydrogen (secondary N) is 1. The first-order valence-corrected chi connectivity index (χ1v) is 4.52. The quantitative estimate of drug-likeness (QED) is 0.702. The number of hydrogen-bond donors (Lipinski definition) is 2. The van der Waals surface area contributed by atoms with Crippen LogP contribution in [0.1, 0.15) is 12.8 Å². The maximum atomic E-state index is 11.6. The van der Waals surface area contributed by atoms with E-state index in [9.17, 15) is 18.0 Å². The Morgan fingerprint density at radius 1 is 1.47 bits per heavy atom. The van der Waals surface area contributed by atoms with Gasteiger partial charge in [0, 0.05) is 6.54 Å². The van der Waals surface area contributed by atoms with Crippen molar-refractivity contribution in [2.24, 2.45) is 5.73 Å². The first-order chi connectivity index (χ1) is 6.87. The van der Waals surface area contributed by atoms with Crippen LogP contribution in [0.25, 0.3) is 0 Å². The average Bonchev–Trinajstić information content (AvgIpc) is 2.83. The summed E-state index contributed by atoms with van der Waals surface area (Å²) in [6.07, 6.45) is -2.85. The Morgan fingerprint density at radius 3 is 2.47 bits per heavy atom. The minimum Gasteiger partial charge on any atom is -0.362 e. The van der Waals surface area contributed by atoms with E-state index in [4.69, 9.17) is 5.73 Å². The largest absolute Gasteiger partial charge is 0.411 e. The molecule has 1 aliphatic carbocycles. The fraction of sp³-hybridized carbons (Fsp3) is 0.875. The SMILES string of the molecule is NCC1(NC(=O)COCC(F)(F)F)CC1. The monoisotopic (exact) mass is 226 g/mol. The third kappa shape index (κ3) is 4.48. The number of alkyl halides is 3. The van der Waals surface area contributed by atoms with Crippen LogP contribution in [-0.4, -0.2) is 37.4 Å². The van der Waals surface area contributed by atoms with Crippen molar-refractivity contribution < 1.29 is 22.7 Å². The normalized spacial score (nSPS) is 18.7. The number of rotatable bonds is 5.